The Labute approximate surface area is 185 Å². The van der Waals surface area contributed by atoms with E-state index in [9.17, 15) is 9.90 Å². The van der Waals surface area contributed by atoms with Crippen LogP contribution in [0.25, 0.3) is 11.0 Å². The first-order chi connectivity index (χ1) is 15.7. The number of rotatable bonds is 4. The second-order valence-corrected chi connectivity index (χ2v) is 8.56. The van der Waals surface area contributed by atoms with Gasteiger partial charge in [0.15, 0.2) is 5.78 Å². The second-order valence-electron chi connectivity index (χ2n) is 8.56. The topological polar surface area (TPSA) is 97.2 Å². The minimum absolute atomic E-state index is 0.0188. The quantitative estimate of drug-likeness (QED) is 0.623. The van der Waals surface area contributed by atoms with Crippen LogP contribution in [0.5, 0.6) is 0 Å². The Morgan fingerprint density at radius 2 is 2.12 bits per heavy atom. The zero-order valence-corrected chi connectivity index (χ0v) is 17.7. The number of carbonyl (C=O) groups excluding carboxylic acids is 1. The Morgan fingerprint density at radius 1 is 1.19 bits per heavy atom. The summed E-state index contributed by atoms with van der Waals surface area (Å²) in [5, 5.41) is 10.1. The van der Waals surface area contributed by atoms with Crippen molar-refractivity contribution in [3.05, 3.63) is 53.9 Å². The summed E-state index contributed by atoms with van der Waals surface area (Å²) >= 11 is 0. The average molecular weight is 428 g/mol. The Bertz CT molecular complexity index is 1280. The third-order valence-corrected chi connectivity index (χ3v) is 6.45. The number of β-amino-alcohol motifs (C(OH)–C–C–N with tert-alkyl or cyclic N) is 1. The Hall–Kier alpha value is -3.52. The summed E-state index contributed by atoms with van der Waals surface area (Å²) in [6.45, 7) is 2.99. The van der Waals surface area contributed by atoms with Crippen LogP contribution in [-0.4, -0.2) is 69.7 Å². The molecule has 1 aromatic heterocycles. The number of carbonyl (C=O) groups is 1. The van der Waals surface area contributed by atoms with Crippen LogP contribution in [0.2, 0.25) is 0 Å². The van der Waals surface area contributed by atoms with Crippen molar-refractivity contribution < 1.29 is 9.90 Å². The molecule has 0 saturated carbocycles. The number of H-pyrrole nitrogens is 1. The fourth-order valence-corrected chi connectivity index (χ4v) is 4.81. The lowest BCUT2D eigenvalue weighted by Gasteiger charge is -2.33. The standard InChI is InChI=1S/C24H24N6O2/c31-17-2-1-8-29(13-17)16-4-5-18-20(11-16)28-23(30-9-7-25-24(18)30)12-22(32)15-3-6-19-21(10-15)27-14-26-19/h3-6,10-11,14,17,31H,1-2,7-9,12-13H2,(H,26,27). The van der Waals surface area contributed by atoms with E-state index in [2.05, 4.69) is 38.0 Å². The number of anilines is 1. The fourth-order valence-electron chi connectivity index (χ4n) is 4.81. The summed E-state index contributed by atoms with van der Waals surface area (Å²) in [5.74, 6) is 1.65. The van der Waals surface area contributed by atoms with Crippen molar-refractivity contribution in [3.63, 3.8) is 0 Å². The van der Waals surface area contributed by atoms with Crippen LogP contribution in [0, 0.1) is 0 Å². The average Bonchev–Trinajstić information content (AvgIpc) is 3.48. The lowest BCUT2D eigenvalue weighted by Crippen LogP contribution is -2.39. The molecule has 0 bridgehead atoms. The van der Waals surface area contributed by atoms with Crippen LogP contribution in [0.4, 0.5) is 11.4 Å². The number of piperidine rings is 1. The number of hydrogen-bond donors (Lipinski definition) is 2. The lowest BCUT2D eigenvalue weighted by atomic mass is 10.0. The van der Waals surface area contributed by atoms with Gasteiger partial charge in [0.25, 0.3) is 0 Å². The van der Waals surface area contributed by atoms with Crippen molar-refractivity contribution in [2.75, 3.05) is 31.1 Å². The largest absolute Gasteiger partial charge is 0.391 e. The molecule has 3 aliphatic rings. The fraction of sp³-hybridized carbons (Fsp3) is 0.333. The molecule has 32 heavy (non-hydrogen) atoms. The number of aromatic nitrogens is 2. The maximum absolute atomic E-state index is 13.1. The number of benzene rings is 2. The normalized spacial score (nSPS) is 20.1. The minimum atomic E-state index is -0.293. The number of imidazole rings is 1. The van der Waals surface area contributed by atoms with Gasteiger partial charge in [-0.15, -0.1) is 0 Å². The monoisotopic (exact) mass is 428 g/mol. The lowest BCUT2D eigenvalue weighted by molar-refractivity contribution is 0.0998. The van der Waals surface area contributed by atoms with E-state index in [4.69, 9.17) is 9.98 Å². The van der Waals surface area contributed by atoms with Gasteiger partial charge in [0.1, 0.15) is 11.7 Å². The van der Waals surface area contributed by atoms with Crippen LogP contribution in [0.1, 0.15) is 35.2 Å². The number of amidine groups is 2. The molecule has 1 fully saturated rings. The number of nitrogens with one attached hydrogen (secondary N) is 1. The molecule has 1 atom stereocenters. The predicted molar refractivity (Wildman–Crippen MR) is 124 cm³/mol. The molecule has 0 spiro atoms. The van der Waals surface area contributed by atoms with Crippen molar-refractivity contribution in [2.24, 2.45) is 9.98 Å². The molecule has 4 heterocycles. The van der Waals surface area contributed by atoms with Crippen molar-refractivity contribution in [1.29, 1.82) is 0 Å². The molecule has 3 aromatic rings. The van der Waals surface area contributed by atoms with E-state index >= 15 is 0 Å². The van der Waals surface area contributed by atoms with Crippen molar-refractivity contribution in [2.45, 2.75) is 25.4 Å². The number of Topliss-reactive ketones (excluding diaryl/α,β-unsaturated/α-hetero) is 1. The molecule has 6 rings (SSSR count). The number of ketones is 1. The van der Waals surface area contributed by atoms with Gasteiger partial charge >= 0.3 is 0 Å². The van der Waals surface area contributed by atoms with E-state index < -0.39 is 0 Å². The highest BCUT2D eigenvalue weighted by atomic mass is 16.3. The molecule has 0 radical (unpaired) electrons. The molecule has 162 valence electrons. The molecule has 1 unspecified atom stereocenters. The zero-order valence-electron chi connectivity index (χ0n) is 17.7. The van der Waals surface area contributed by atoms with Gasteiger partial charge in [-0.25, -0.2) is 9.98 Å². The van der Waals surface area contributed by atoms with Gasteiger partial charge in [-0.3, -0.25) is 9.79 Å². The first kappa shape index (κ1) is 19.2. The number of aliphatic hydroxyl groups excluding tert-OH is 1. The molecular formula is C24H24N6O2. The first-order valence-electron chi connectivity index (χ1n) is 11.1. The van der Waals surface area contributed by atoms with Crippen LogP contribution in [-0.2, 0) is 0 Å². The summed E-state index contributed by atoms with van der Waals surface area (Å²) in [4.78, 5) is 34.3. The van der Waals surface area contributed by atoms with Crippen LogP contribution in [0.3, 0.4) is 0 Å². The Kier molecular flexibility index (Phi) is 4.53. The third-order valence-electron chi connectivity index (χ3n) is 6.45. The van der Waals surface area contributed by atoms with Gasteiger partial charge in [0.2, 0.25) is 0 Å². The number of aromatic amines is 1. The van der Waals surface area contributed by atoms with Gasteiger partial charge in [0, 0.05) is 36.4 Å². The Balaban J connectivity index is 1.32. The van der Waals surface area contributed by atoms with E-state index in [1.54, 1.807) is 6.33 Å². The van der Waals surface area contributed by atoms with Crippen LogP contribution >= 0.6 is 0 Å². The summed E-state index contributed by atoms with van der Waals surface area (Å²) in [6, 6.07) is 11.7. The van der Waals surface area contributed by atoms with Crippen LogP contribution in [0.15, 0.2) is 52.7 Å². The zero-order chi connectivity index (χ0) is 21.7. The van der Waals surface area contributed by atoms with E-state index in [0.717, 1.165) is 65.6 Å². The van der Waals surface area contributed by atoms with Crippen molar-refractivity contribution in [1.82, 2.24) is 14.9 Å². The highest BCUT2D eigenvalue weighted by Crippen LogP contribution is 2.34. The number of aliphatic hydroxyl groups is 1. The number of fused-ring (bicyclic) bond motifs is 4. The molecular weight excluding hydrogens is 404 g/mol. The van der Waals surface area contributed by atoms with E-state index in [0.29, 0.717) is 18.7 Å². The molecule has 2 N–H and O–H groups in total. The smallest absolute Gasteiger partial charge is 0.170 e. The highest BCUT2D eigenvalue weighted by Gasteiger charge is 2.31. The molecule has 0 amide bonds. The van der Waals surface area contributed by atoms with Crippen molar-refractivity contribution >= 4 is 39.9 Å². The van der Waals surface area contributed by atoms with Crippen molar-refractivity contribution in [3.8, 4) is 0 Å². The summed E-state index contributed by atoms with van der Waals surface area (Å²) < 4.78 is 0. The van der Waals surface area contributed by atoms with E-state index in [1.807, 2.05) is 18.2 Å². The highest BCUT2D eigenvalue weighted by molar-refractivity contribution is 6.21. The molecule has 2 aromatic carbocycles. The van der Waals surface area contributed by atoms with Gasteiger partial charge in [-0.05, 0) is 49.2 Å². The van der Waals surface area contributed by atoms with Crippen LogP contribution < -0.4 is 4.90 Å². The number of nitrogens with zero attached hydrogens (tertiary/aromatic N) is 5. The van der Waals surface area contributed by atoms with Gasteiger partial charge < -0.3 is 19.9 Å². The summed E-state index contributed by atoms with van der Waals surface area (Å²) in [6.07, 6.45) is 3.38. The van der Waals surface area contributed by atoms with E-state index in [-0.39, 0.29) is 18.3 Å². The van der Waals surface area contributed by atoms with E-state index in [1.165, 1.54) is 0 Å². The number of hydrogen-bond acceptors (Lipinski definition) is 7. The molecule has 3 aliphatic heterocycles. The maximum Gasteiger partial charge on any atom is 0.170 e. The Morgan fingerprint density at radius 3 is 3.03 bits per heavy atom. The molecule has 8 heteroatoms. The van der Waals surface area contributed by atoms with Gasteiger partial charge in [0.05, 0.1) is 42.1 Å². The predicted octanol–water partition coefficient (Wildman–Crippen LogP) is 2.90. The summed E-state index contributed by atoms with van der Waals surface area (Å²) in [5.41, 5.74) is 5.22. The second kappa shape index (κ2) is 7.56. The first-order valence-corrected chi connectivity index (χ1v) is 11.1. The van der Waals surface area contributed by atoms with Gasteiger partial charge in [-0.2, -0.15) is 0 Å². The molecule has 1 saturated heterocycles. The summed E-state index contributed by atoms with van der Waals surface area (Å²) in [7, 11) is 0. The maximum atomic E-state index is 13.1. The minimum Gasteiger partial charge on any atom is -0.391 e. The SMILES string of the molecule is O=C(CC1=Nc2cc(N3CCCC(O)C3)ccc2C2=NCCN12)c1ccc2nc[nH]c2c1. The number of aliphatic imine (C=N–C) groups is 2. The third kappa shape index (κ3) is 3.27. The van der Waals surface area contributed by atoms with Gasteiger partial charge in [-0.1, -0.05) is 0 Å². The molecule has 8 nitrogen and oxygen atoms in total. The molecule has 0 aliphatic carbocycles.